The summed E-state index contributed by atoms with van der Waals surface area (Å²) in [5, 5.41) is 0. The molecule has 5 heteroatoms. The standard InChI is InChI=1S/C15H16BrNO2S/c1-10-14(17)4-3-5-15(10)20(18)9-11-8-12(19-2)6-7-13(11)16/h3-8H,9,17H2,1-2H3. The number of hydrogen-bond donors (Lipinski definition) is 1. The average Bonchev–Trinajstić information content (AvgIpc) is 2.44. The number of halogens is 1. The predicted octanol–water partition coefficient (Wildman–Crippen LogP) is 3.66. The lowest BCUT2D eigenvalue weighted by Crippen LogP contribution is -2.02. The summed E-state index contributed by atoms with van der Waals surface area (Å²) in [6.07, 6.45) is 0. The molecule has 2 rings (SSSR count). The topological polar surface area (TPSA) is 52.3 Å². The Kier molecular flexibility index (Phi) is 4.83. The average molecular weight is 354 g/mol. The van der Waals surface area contributed by atoms with E-state index in [1.165, 1.54) is 0 Å². The molecule has 106 valence electrons. The van der Waals surface area contributed by atoms with Gasteiger partial charge in [0.2, 0.25) is 0 Å². The predicted molar refractivity (Wildman–Crippen MR) is 86.4 cm³/mol. The van der Waals surface area contributed by atoms with Crippen molar-refractivity contribution in [2.24, 2.45) is 0 Å². The second kappa shape index (κ2) is 6.41. The van der Waals surface area contributed by atoms with Crippen molar-refractivity contribution in [3.05, 3.63) is 52.0 Å². The number of ether oxygens (including phenoxy) is 1. The molecule has 0 saturated carbocycles. The van der Waals surface area contributed by atoms with E-state index in [1.807, 2.05) is 43.3 Å². The van der Waals surface area contributed by atoms with Crippen molar-refractivity contribution in [1.29, 1.82) is 0 Å². The lowest BCUT2D eigenvalue weighted by atomic mass is 10.2. The molecule has 0 heterocycles. The molecule has 2 aromatic rings. The van der Waals surface area contributed by atoms with Gasteiger partial charge in [0.1, 0.15) is 5.75 Å². The van der Waals surface area contributed by atoms with Gasteiger partial charge in [-0.1, -0.05) is 22.0 Å². The molecule has 20 heavy (non-hydrogen) atoms. The Labute approximate surface area is 129 Å². The second-order valence-corrected chi connectivity index (χ2v) is 6.69. The molecule has 0 aliphatic rings. The molecule has 0 aliphatic carbocycles. The minimum atomic E-state index is -1.14. The van der Waals surface area contributed by atoms with Gasteiger partial charge < -0.3 is 10.5 Å². The highest BCUT2D eigenvalue weighted by Gasteiger charge is 2.12. The SMILES string of the molecule is COc1ccc(Br)c(CS(=O)c2cccc(N)c2C)c1. The summed E-state index contributed by atoms with van der Waals surface area (Å²) in [5.74, 6) is 1.17. The van der Waals surface area contributed by atoms with Crippen molar-refractivity contribution in [3.8, 4) is 5.75 Å². The summed E-state index contributed by atoms with van der Waals surface area (Å²) in [7, 11) is 0.475. The van der Waals surface area contributed by atoms with Crippen molar-refractivity contribution in [3.63, 3.8) is 0 Å². The van der Waals surface area contributed by atoms with Gasteiger partial charge in [0.15, 0.2) is 0 Å². The molecule has 0 bridgehead atoms. The van der Waals surface area contributed by atoms with Gasteiger partial charge in [-0.15, -0.1) is 0 Å². The fraction of sp³-hybridized carbons (Fsp3) is 0.200. The molecule has 0 aliphatic heterocycles. The molecule has 1 unspecified atom stereocenters. The fourth-order valence-corrected chi connectivity index (χ4v) is 3.82. The quantitative estimate of drug-likeness (QED) is 0.853. The lowest BCUT2D eigenvalue weighted by molar-refractivity contribution is 0.414. The molecular weight excluding hydrogens is 338 g/mol. The van der Waals surface area contributed by atoms with Crippen LogP contribution >= 0.6 is 15.9 Å². The minimum Gasteiger partial charge on any atom is -0.497 e. The molecule has 0 saturated heterocycles. The van der Waals surface area contributed by atoms with Crippen LogP contribution in [0.25, 0.3) is 0 Å². The van der Waals surface area contributed by atoms with Crippen molar-refractivity contribution in [2.75, 3.05) is 12.8 Å². The molecule has 0 radical (unpaired) electrons. The van der Waals surface area contributed by atoms with Crippen LogP contribution in [0.4, 0.5) is 5.69 Å². The number of nitrogen functional groups attached to an aromatic ring is 1. The Morgan fingerprint density at radius 1 is 1.30 bits per heavy atom. The maximum Gasteiger partial charge on any atom is 0.119 e. The Bertz CT molecular complexity index is 658. The largest absolute Gasteiger partial charge is 0.497 e. The van der Waals surface area contributed by atoms with Gasteiger partial charge in [0.25, 0.3) is 0 Å². The molecule has 0 amide bonds. The molecule has 2 N–H and O–H groups in total. The van der Waals surface area contributed by atoms with E-state index >= 15 is 0 Å². The van der Waals surface area contributed by atoms with Crippen molar-refractivity contribution in [2.45, 2.75) is 17.6 Å². The Morgan fingerprint density at radius 3 is 2.75 bits per heavy atom. The summed E-state index contributed by atoms with van der Waals surface area (Å²) >= 11 is 3.48. The van der Waals surface area contributed by atoms with Crippen LogP contribution in [-0.2, 0) is 16.6 Å². The van der Waals surface area contributed by atoms with Crippen LogP contribution < -0.4 is 10.5 Å². The van der Waals surface area contributed by atoms with Crippen LogP contribution in [0.1, 0.15) is 11.1 Å². The zero-order valence-electron chi connectivity index (χ0n) is 11.4. The highest BCUT2D eigenvalue weighted by Crippen LogP contribution is 2.27. The highest BCUT2D eigenvalue weighted by molar-refractivity contribution is 9.10. The lowest BCUT2D eigenvalue weighted by Gasteiger charge is -2.10. The van der Waals surface area contributed by atoms with Crippen molar-refractivity contribution >= 4 is 32.4 Å². The van der Waals surface area contributed by atoms with Crippen LogP contribution in [0.5, 0.6) is 5.75 Å². The highest BCUT2D eigenvalue weighted by atomic mass is 79.9. The van der Waals surface area contributed by atoms with Crippen molar-refractivity contribution < 1.29 is 8.95 Å². The first kappa shape index (κ1) is 15.1. The van der Waals surface area contributed by atoms with Crippen LogP contribution in [0.2, 0.25) is 0 Å². The zero-order chi connectivity index (χ0) is 14.7. The molecule has 0 fully saturated rings. The van der Waals surface area contributed by atoms with Gasteiger partial charge in [-0.3, -0.25) is 4.21 Å². The van der Waals surface area contributed by atoms with Crippen LogP contribution in [0, 0.1) is 6.92 Å². The number of rotatable bonds is 4. The first-order chi connectivity index (χ1) is 9.52. The molecular formula is C15H16BrNO2S. The number of anilines is 1. The number of methoxy groups -OCH3 is 1. The van der Waals surface area contributed by atoms with E-state index in [-0.39, 0.29) is 0 Å². The minimum absolute atomic E-state index is 0.419. The third-order valence-corrected chi connectivity index (χ3v) is 5.39. The summed E-state index contributed by atoms with van der Waals surface area (Å²) in [6, 6.07) is 11.2. The summed E-state index contributed by atoms with van der Waals surface area (Å²) in [4.78, 5) is 0.778. The Hall–Kier alpha value is -1.33. The first-order valence-corrected chi connectivity index (χ1v) is 8.20. The summed E-state index contributed by atoms with van der Waals surface area (Å²) in [6.45, 7) is 1.89. The normalized spacial score (nSPS) is 12.2. The maximum atomic E-state index is 12.5. The third-order valence-electron chi connectivity index (χ3n) is 3.11. The van der Waals surface area contributed by atoms with Gasteiger partial charge in [-0.2, -0.15) is 0 Å². The smallest absolute Gasteiger partial charge is 0.119 e. The third kappa shape index (κ3) is 3.22. The van der Waals surface area contributed by atoms with E-state index in [4.69, 9.17) is 10.5 Å². The van der Waals surface area contributed by atoms with Gasteiger partial charge in [0, 0.05) is 15.1 Å². The maximum absolute atomic E-state index is 12.5. The van der Waals surface area contributed by atoms with Gasteiger partial charge in [0.05, 0.1) is 23.7 Å². The van der Waals surface area contributed by atoms with E-state index in [9.17, 15) is 4.21 Å². The monoisotopic (exact) mass is 353 g/mol. The first-order valence-electron chi connectivity index (χ1n) is 6.09. The van der Waals surface area contributed by atoms with E-state index in [1.54, 1.807) is 7.11 Å². The second-order valence-electron chi connectivity index (χ2n) is 4.42. The van der Waals surface area contributed by atoms with Crippen LogP contribution in [-0.4, -0.2) is 11.3 Å². The van der Waals surface area contributed by atoms with E-state index < -0.39 is 10.8 Å². The van der Waals surface area contributed by atoms with Gasteiger partial charge >= 0.3 is 0 Å². The van der Waals surface area contributed by atoms with Crippen LogP contribution in [0.15, 0.2) is 45.8 Å². The van der Waals surface area contributed by atoms with E-state index in [0.29, 0.717) is 11.4 Å². The summed E-state index contributed by atoms with van der Waals surface area (Å²) in [5.41, 5.74) is 8.36. The Morgan fingerprint density at radius 2 is 2.05 bits per heavy atom. The fourth-order valence-electron chi connectivity index (χ4n) is 1.89. The zero-order valence-corrected chi connectivity index (χ0v) is 13.8. The van der Waals surface area contributed by atoms with Gasteiger partial charge in [-0.05, 0) is 48.4 Å². The molecule has 3 nitrogen and oxygen atoms in total. The molecule has 1 atom stereocenters. The molecule has 0 spiro atoms. The number of hydrogen-bond acceptors (Lipinski definition) is 3. The van der Waals surface area contributed by atoms with E-state index in [2.05, 4.69) is 15.9 Å². The van der Waals surface area contributed by atoms with Crippen LogP contribution in [0.3, 0.4) is 0 Å². The number of nitrogens with two attached hydrogens (primary N) is 1. The molecule has 0 aromatic heterocycles. The van der Waals surface area contributed by atoms with Crippen molar-refractivity contribution in [1.82, 2.24) is 0 Å². The van der Waals surface area contributed by atoms with E-state index in [0.717, 1.165) is 26.2 Å². The molecule has 2 aromatic carbocycles. The van der Waals surface area contributed by atoms with Gasteiger partial charge in [-0.25, -0.2) is 0 Å². The number of benzene rings is 2. The Balaban J connectivity index is 2.30. The summed E-state index contributed by atoms with van der Waals surface area (Å²) < 4.78 is 18.7.